The largest absolute Gasteiger partial charge is 0.392 e. The van der Waals surface area contributed by atoms with Crippen LogP contribution in [0.1, 0.15) is 29.8 Å². The predicted octanol–water partition coefficient (Wildman–Crippen LogP) is 1.70. The summed E-state index contributed by atoms with van der Waals surface area (Å²) in [4.78, 5) is 30.3. The van der Waals surface area contributed by atoms with Crippen molar-refractivity contribution >= 4 is 5.91 Å². The van der Waals surface area contributed by atoms with Gasteiger partial charge in [0.15, 0.2) is 0 Å². The van der Waals surface area contributed by atoms with Gasteiger partial charge in [-0.15, -0.1) is 0 Å². The number of rotatable bonds is 5. The Morgan fingerprint density at radius 2 is 1.89 bits per heavy atom. The number of nitrogens with zero attached hydrogens (tertiary/aromatic N) is 3. The van der Waals surface area contributed by atoms with E-state index in [1.807, 2.05) is 37.3 Å². The maximum atomic E-state index is 12.6. The maximum Gasteiger partial charge on any atom is 0.348 e. The molecule has 6 heteroatoms. The molecule has 0 aliphatic carbocycles. The summed E-state index contributed by atoms with van der Waals surface area (Å²) in [6.07, 6.45) is 1.80. The lowest BCUT2D eigenvalue weighted by atomic mass is 9.88. The molecule has 1 aromatic heterocycles. The van der Waals surface area contributed by atoms with Crippen molar-refractivity contribution in [3.05, 3.63) is 63.8 Å². The van der Waals surface area contributed by atoms with Crippen molar-refractivity contribution in [1.29, 1.82) is 0 Å². The Balaban J connectivity index is 1.54. The normalized spacial score (nSPS) is 16.3. The highest BCUT2D eigenvalue weighted by molar-refractivity contribution is 5.76. The maximum absolute atomic E-state index is 12.6. The summed E-state index contributed by atoms with van der Waals surface area (Å²) in [6, 6.07) is 11.8. The highest BCUT2D eigenvalue weighted by Gasteiger charge is 2.27. The van der Waals surface area contributed by atoms with E-state index in [1.165, 1.54) is 4.57 Å². The Labute approximate surface area is 159 Å². The number of piperidine rings is 1. The van der Waals surface area contributed by atoms with E-state index in [1.54, 1.807) is 17.9 Å². The number of aliphatic hydroxyl groups excluding tert-OH is 1. The van der Waals surface area contributed by atoms with Crippen LogP contribution in [0.4, 0.5) is 0 Å². The molecule has 1 saturated heterocycles. The summed E-state index contributed by atoms with van der Waals surface area (Å²) in [5, 5.41) is 10.5. The number of benzene rings is 1. The van der Waals surface area contributed by atoms with Crippen molar-refractivity contribution < 1.29 is 9.90 Å². The van der Waals surface area contributed by atoms with Crippen LogP contribution >= 0.6 is 0 Å². The Morgan fingerprint density at radius 1 is 1.22 bits per heavy atom. The van der Waals surface area contributed by atoms with Crippen LogP contribution in [0.25, 0.3) is 0 Å². The van der Waals surface area contributed by atoms with E-state index in [0.717, 1.165) is 24.1 Å². The van der Waals surface area contributed by atoms with Gasteiger partial charge >= 0.3 is 5.69 Å². The van der Waals surface area contributed by atoms with Crippen LogP contribution in [0.2, 0.25) is 0 Å². The SMILES string of the molecule is Cc1cc(C)n(CC(=O)N2CCC([C@@H](O)Cc3ccccc3)CC2)c(=O)n1. The van der Waals surface area contributed by atoms with Gasteiger partial charge in [-0.25, -0.2) is 4.79 Å². The zero-order valence-electron chi connectivity index (χ0n) is 16.0. The van der Waals surface area contributed by atoms with E-state index < -0.39 is 6.10 Å². The van der Waals surface area contributed by atoms with E-state index in [9.17, 15) is 14.7 Å². The van der Waals surface area contributed by atoms with E-state index in [0.29, 0.717) is 25.2 Å². The topological polar surface area (TPSA) is 75.4 Å². The van der Waals surface area contributed by atoms with Crippen molar-refractivity contribution in [3.63, 3.8) is 0 Å². The van der Waals surface area contributed by atoms with E-state index in [4.69, 9.17) is 0 Å². The van der Waals surface area contributed by atoms with Gasteiger partial charge in [0, 0.05) is 24.5 Å². The monoisotopic (exact) mass is 369 g/mol. The average molecular weight is 369 g/mol. The van der Waals surface area contributed by atoms with Gasteiger partial charge in [0.2, 0.25) is 5.91 Å². The van der Waals surface area contributed by atoms with Gasteiger partial charge in [-0.1, -0.05) is 30.3 Å². The number of hydrogen-bond acceptors (Lipinski definition) is 4. The van der Waals surface area contributed by atoms with Crippen molar-refractivity contribution in [3.8, 4) is 0 Å². The molecule has 1 amide bonds. The highest BCUT2D eigenvalue weighted by atomic mass is 16.3. The lowest BCUT2D eigenvalue weighted by molar-refractivity contribution is -0.134. The summed E-state index contributed by atoms with van der Waals surface area (Å²) in [5.74, 6) is 0.126. The second kappa shape index (κ2) is 8.48. The second-order valence-electron chi connectivity index (χ2n) is 7.38. The fraction of sp³-hybridized carbons (Fsp3) is 0.476. The molecule has 0 spiro atoms. The molecule has 1 fully saturated rings. The van der Waals surface area contributed by atoms with Crippen LogP contribution in [0.15, 0.2) is 41.2 Å². The van der Waals surface area contributed by atoms with Crippen molar-refractivity contribution in [1.82, 2.24) is 14.5 Å². The first-order valence-corrected chi connectivity index (χ1v) is 9.49. The van der Waals surface area contributed by atoms with E-state index in [2.05, 4.69) is 4.98 Å². The van der Waals surface area contributed by atoms with Crippen LogP contribution < -0.4 is 5.69 Å². The fourth-order valence-electron chi connectivity index (χ4n) is 3.76. The number of likely N-dealkylation sites (tertiary alicyclic amines) is 1. The molecule has 6 nitrogen and oxygen atoms in total. The Kier molecular flexibility index (Phi) is 6.06. The van der Waals surface area contributed by atoms with Gasteiger partial charge in [-0.05, 0) is 50.7 Å². The first-order chi connectivity index (χ1) is 12.9. The lowest BCUT2D eigenvalue weighted by Gasteiger charge is -2.34. The molecular formula is C21H27N3O3. The van der Waals surface area contributed by atoms with E-state index in [-0.39, 0.29) is 24.1 Å². The number of carbonyl (C=O) groups is 1. The standard InChI is InChI=1S/C21H27N3O3/c1-15-12-16(2)24(21(27)22-15)14-20(26)23-10-8-18(9-11-23)19(25)13-17-6-4-3-5-7-17/h3-7,12,18-19,25H,8-11,13-14H2,1-2H3/t19-/m0/s1. The summed E-state index contributed by atoms with van der Waals surface area (Å²) in [6.45, 7) is 4.84. The molecule has 0 saturated carbocycles. The number of carbonyl (C=O) groups excluding carboxylic acids is 1. The second-order valence-corrected chi connectivity index (χ2v) is 7.38. The van der Waals surface area contributed by atoms with Crippen LogP contribution in [-0.4, -0.2) is 44.7 Å². The molecule has 0 bridgehead atoms. The number of amides is 1. The van der Waals surface area contributed by atoms with Crippen molar-refractivity contribution in [2.24, 2.45) is 5.92 Å². The molecule has 144 valence electrons. The molecule has 1 aliphatic heterocycles. The molecule has 1 aliphatic rings. The van der Waals surface area contributed by atoms with Crippen LogP contribution in [0.3, 0.4) is 0 Å². The van der Waals surface area contributed by atoms with Crippen LogP contribution in [0.5, 0.6) is 0 Å². The smallest absolute Gasteiger partial charge is 0.348 e. The molecular weight excluding hydrogens is 342 g/mol. The zero-order valence-corrected chi connectivity index (χ0v) is 16.0. The minimum absolute atomic E-state index is 0.0230. The molecule has 2 heterocycles. The summed E-state index contributed by atoms with van der Waals surface area (Å²) in [5.41, 5.74) is 2.16. The van der Waals surface area contributed by atoms with Crippen LogP contribution in [-0.2, 0) is 17.8 Å². The summed E-state index contributed by atoms with van der Waals surface area (Å²) < 4.78 is 1.42. The molecule has 1 aromatic carbocycles. The quantitative estimate of drug-likeness (QED) is 0.870. The summed E-state index contributed by atoms with van der Waals surface area (Å²) in [7, 11) is 0. The van der Waals surface area contributed by atoms with Crippen LogP contribution in [0, 0.1) is 19.8 Å². The molecule has 0 radical (unpaired) electrons. The van der Waals surface area contributed by atoms with Gasteiger partial charge in [-0.3, -0.25) is 9.36 Å². The molecule has 1 N–H and O–H groups in total. The number of aliphatic hydroxyl groups is 1. The summed E-state index contributed by atoms with van der Waals surface area (Å²) >= 11 is 0. The Bertz CT molecular complexity index is 839. The molecule has 1 atom stereocenters. The Hall–Kier alpha value is -2.47. The molecule has 3 rings (SSSR count). The minimum atomic E-state index is -0.393. The van der Waals surface area contributed by atoms with E-state index >= 15 is 0 Å². The van der Waals surface area contributed by atoms with Gasteiger partial charge in [0.25, 0.3) is 0 Å². The van der Waals surface area contributed by atoms with Crippen molar-refractivity contribution in [2.75, 3.05) is 13.1 Å². The fourth-order valence-corrected chi connectivity index (χ4v) is 3.76. The third kappa shape index (κ3) is 4.83. The highest BCUT2D eigenvalue weighted by Crippen LogP contribution is 2.23. The molecule has 0 unspecified atom stereocenters. The number of aromatic nitrogens is 2. The minimum Gasteiger partial charge on any atom is -0.392 e. The third-order valence-corrected chi connectivity index (χ3v) is 5.36. The Morgan fingerprint density at radius 3 is 2.52 bits per heavy atom. The molecule has 2 aromatic rings. The number of aryl methyl sites for hydroxylation is 2. The zero-order chi connectivity index (χ0) is 19.4. The predicted molar refractivity (Wildman–Crippen MR) is 103 cm³/mol. The van der Waals surface area contributed by atoms with Gasteiger partial charge in [-0.2, -0.15) is 4.98 Å². The van der Waals surface area contributed by atoms with Crippen molar-refractivity contribution in [2.45, 2.75) is 45.8 Å². The van der Waals surface area contributed by atoms with Gasteiger partial charge in [0.1, 0.15) is 6.54 Å². The first kappa shape index (κ1) is 19.3. The number of hydrogen-bond donors (Lipinski definition) is 1. The molecule has 27 heavy (non-hydrogen) atoms. The average Bonchev–Trinajstić information content (AvgIpc) is 2.65. The van der Waals surface area contributed by atoms with Gasteiger partial charge in [0.05, 0.1) is 6.10 Å². The lowest BCUT2D eigenvalue weighted by Crippen LogP contribution is -2.44. The first-order valence-electron chi connectivity index (χ1n) is 9.49. The van der Waals surface area contributed by atoms with Gasteiger partial charge < -0.3 is 10.0 Å². The third-order valence-electron chi connectivity index (χ3n) is 5.36.